The first-order valence-electron chi connectivity index (χ1n) is 10.7. The van der Waals surface area contributed by atoms with Crippen LogP contribution in [-0.4, -0.2) is 8.42 Å². The van der Waals surface area contributed by atoms with Gasteiger partial charge in [-0.25, -0.2) is 8.42 Å². The van der Waals surface area contributed by atoms with Gasteiger partial charge in [-0.3, -0.25) is 4.72 Å². The average molecular weight is 465 g/mol. The Balaban J connectivity index is 1.49. The highest BCUT2D eigenvalue weighted by Gasteiger charge is 2.38. The van der Waals surface area contributed by atoms with Gasteiger partial charge in [-0.2, -0.15) is 0 Å². The van der Waals surface area contributed by atoms with Gasteiger partial charge in [0.15, 0.2) is 0 Å². The van der Waals surface area contributed by atoms with E-state index in [-0.39, 0.29) is 16.9 Å². The lowest BCUT2D eigenvalue weighted by molar-refractivity contribution is 0.425. The molecule has 2 N–H and O–H groups in total. The number of anilines is 2. The second-order valence-corrected chi connectivity index (χ2v) is 10.7. The van der Waals surface area contributed by atoms with Crippen LogP contribution in [0.4, 0.5) is 11.4 Å². The van der Waals surface area contributed by atoms with Crippen molar-refractivity contribution in [1.29, 1.82) is 0 Å². The minimum Gasteiger partial charge on any atom is -0.378 e. The van der Waals surface area contributed by atoms with Crippen molar-refractivity contribution in [3.63, 3.8) is 0 Å². The normalized spacial score (nSPS) is 21.5. The number of sulfonamides is 1. The summed E-state index contributed by atoms with van der Waals surface area (Å²) in [5.41, 5.74) is 5.71. The molecular formula is C26H25ClN2O2S. The van der Waals surface area contributed by atoms with Gasteiger partial charge in [-0.1, -0.05) is 59.6 Å². The summed E-state index contributed by atoms with van der Waals surface area (Å²) in [7, 11) is -3.75. The van der Waals surface area contributed by atoms with Crippen molar-refractivity contribution in [2.24, 2.45) is 5.92 Å². The van der Waals surface area contributed by atoms with E-state index in [0.717, 1.165) is 17.7 Å². The molecule has 3 atom stereocenters. The molecular weight excluding hydrogens is 440 g/mol. The number of allylic oxidation sites excluding steroid dienone is 2. The van der Waals surface area contributed by atoms with E-state index in [4.69, 9.17) is 11.6 Å². The van der Waals surface area contributed by atoms with Gasteiger partial charge < -0.3 is 5.32 Å². The standard InChI is InChI=1S/C26H25ClN2O2S/c1-16-9-11-18(12-10-16)26-21-6-3-5-20(21)22-15-19(13-14-25(22)28-26)32(30,31)29-24-8-4-7-23(27)17(24)2/h3-5,7-15,20-21,26,28-29H,6H2,1-2H3/t20-,21+,26-/m0/s1. The first kappa shape index (κ1) is 21.1. The summed E-state index contributed by atoms with van der Waals surface area (Å²) in [6, 6.07) is 19.4. The Morgan fingerprint density at radius 2 is 1.81 bits per heavy atom. The average Bonchev–Trinajstić information content (AvgIpc) is 3.27. The van der Waals surface area contributed by atoms with Gasteiger partial charge in [0, 0.05) is 16.6 Å². The van der Waals surface area contributed by atoms with Crippen molar-refractivity contribution in [3.05, 3.63) is 100 Å². The molecule has 4 nitrogen and oxygen atoms in total. The van der Waals surface area contributed by atoms with Crippen LogP contribution in [0.25, 0.3) is 0 Å². The van der Waals surface area contributed by atoms with Gasteiger partial charge >= 0.3 is 0 Å². The molecule has 0 radical (unpaired) electrons. The zero-order valence-corrected chi connectivity index (χ0v) is 19.5. The third-order valence-electron chi connectivity index (χ3n) is 6.59. The maximum absolute atomic E-state index is 13.2. The van der Waals surface area contributed by atoms with E-state index < -0.39 is 10.0 Å². The van der Waals surface area contributed by atoms with Crippen molar-refractivity contribution in [2.75, 3.05) is 10.0 Å². The number of benzene rings is 3. The molecule has 0 unspecified atom stereocenters. The summed E-state index contributed by atoms with van der Waals surface area (Å²) in [4.78, 5) is 0.255. The van der Waals surface area contributed by atoms with Gasteiger partial charge in [0.25, 0.3) is 10.0 Å². The molecule has 0 fully saturated rings. The van der Waals surface area contributed by atoms with Crippen LogP contribution in [0.5, 0.6) is 0 Å². The summed E-state index contributed by atoms with van der Waals surface area (Å²) in [5, 5.41) is 4.21. The van der Waals surface area contributed by atoms with E-state index in [1.807, 2.05) is 12.1 Å². The lowest BCUT2D eigenvalue weighted by atomic mass is 9.77. The first-order valence-corrected chi connectivity index (χ1v) is 12.6. The third-order valence-corrected chi connectivity index (χ3v) is 8.37. The lowest BCUT2D eigenvalue weighted by Gasteiger charge is -2.37. The van der Waals surface area contributed by atoms with Crippen molar-refractivity contribution in [2.45, 2.75) is 37.1 Å². The van der Waals surface area contributed by atoms with Crippen LogP contribution in [0.2, 0.25) is 5.02 Å². The number of fused-ring (bicyclic) bond motifs is 3. The maximum atomic E-state index is 13.2. The molecule has 2 aliphatic rings. The highest BCUT2D eigenvalue weighted by Crippen LogP contribution is 2.50. The SMILES string of the molecule is Cc1ccc([C@@H]2Nc3ccc(S(=O)(=O)Nc4cccc(Cl)c4C)cc3[C@H]3C=CC[C@H]32)cc1. The molecule has 5 rings (SSSR count). The topological polar surface area (TPSA) is 58.2 Å². The second-order valence-electron chi connectivity index (χ2n) is 8.65. The van der Waals surface area contributed by atoms with Crippen LogP contribution >= 0.6 is 11.6 Å². The molecule has 3 aromatic rings. The molecule has 1 aliphatic carbocycles. The summed E-state index contributed by atoms with van der Waals surface area (Å²) < 4.78 is 29.0. The molecule has 1 aliphatic heterocycles. The van der Waals surface area contributed by atoms with E-state index in [1.54, 1.807) is 31.2 Å². The Kier molecular flexibility index (Phi) is 5.26. The van der Waals surface area contributed by atoms with E-state index >= 15 is 0 Å². The first-order chi connectivity index (χ1) is 15.3. The van der Waals surface area contributed by atoms with Crippen LogP contribution in [0.3, 0.4) is 0 Å². The summed E-state index contributed by atoms with van der Waals surface area (Å²) in [6.45, 7) is 3.89. The summed E-state index contributed by atoms with van der Waals surface area (Å²) in [6.07, 6.45) is 5.39. The number of aryl methyl sites for hydroxylation is 1. The van der Waals surface area contributed by atoms with Gasteiger partial charge in [0.1, 0.15) is 0 Å². The molecule has 0 bridgehead atoms. The summed E-state index contributed by atoms with van der Waals surface area (Å²) >= 11 is 6.17. The van der Waals surface area contributed by atoms with Crippen molar-refractivity contribution in [3.8, 4) is 0 Å². The largest absolute Gasteiger partial charge is 0.378 e. The molecule has 6 heteroatoms. The Morgan fingerprint density at radius 1 is 1.03 bits per heavy atom. The fourth-order valence-corrected chi connectivity index (χ4v) is 6.10. The monoisotopic (exact) mass is 464 g/mol. The third kappa shape index (κ3) is 3.70. The van der Waals surface area contributed by atoms with E-state index in [1.165, 1.54) is 11.1 Å². The molecule has 32 heavy (non-hydrogen) atoms. The molecule has 0 amide bonds. The molecule has 0 spiro atoms. The zero-order valence-electron chi connectivity index (χ0n) is 18.0. The molecule has 1 heterocycles. The minimum atomic E-state index is -3.75. The van der Waals surface area contributed by atoms with E-state index in [0.29, 0.717) is 22.2 Å². The number of hydrogen-bond acceptors (Lipinski definition) is 3. The zero-order chi connectivity index (χ0) is 22.5. The quantitative estimate of drug-likeness (QED) is 0.428. The second kappa shape index (κ2) is 7.98. The van der Waals surface area contributed by atoms with Crippen molar-refractivity contribution in [1.82, 2.24) is 0 Å². The van der Waals surface area contributed by atoms with Gasteiger partial charge in [0.2, 0.25) is 0 Å². The van der Waals surface area contributed by atoms with Gasteiger partial charge in [-0.05, 0) is 73.2 Å². The van der Waals surface area contributed by atoms with Crippen LogP contribution in [0, 0.1) is 19.8 Å². The van der Waals surface area contributed by atoms with E-state index in [9.17, 15) is 8.42 Å². The van der Waals surface area contributed by atoms with Gasteiger partial charge in [-0.15, -0.1) is 0 Å². The predicted octanol–water partition coefficient (Wildman–Crippen LogP) is 6.58. The Hall–Kier alpha value is -2.76. The molecule has 3 aromatic carbocycles. The lowest BCUT2D eigenvalue weighted by Crippen LogP contribution is -2.29. The number of nitrogens with one attached hydrogen (secondary N) is 2. The Labute approximate surface area is 194 Å². The Morgan fingerprint density at radius 3 is 2.59 bits per heavy atom. The fraction of sp³-hybridized carbons (Fsp3) is 0.231. The molecule has 164 valence electrons. The van der Waals surface area contributed by atoms with Crippen LogP contribution in [0.1, 0.15) is 40.6 Å². The van der Waals surface area contributed by atoms with E-state index in [2.05, 4.69) is 53.4 Å². The minimum absolute atomic E-state index is 0.181. The van der Waals surface area contributed by atoms with Crippen LogP contribution in [0.15, 0.2) is 77.7 Å². The van der Waals surface area contributed by atoms with Crippen molar-refractivity contribution >= 4 is 33.0 Å². The highest BCUT2D eigenvalue weighted by molar-refractivity contribution is 7.92. The van der Waals surface area contributed by atoms with Crippen LogP contribution in [-0.2, 0) is 10.0 Å². The number of hydrogen-bond donors (Lipinski definition) is 2. The molecule has 0 aromatic heterocycles. The number of halogens is 1. The van der Waals surface area contributed by atoms with Crippen LogP contribution < -0.4 is 10.0 Å². The fourth-order valence-electron chi connectivity index (χ4n) is 4.77. The van der Waals surface area contributed by atoms with Crippen molar-refractivity contribution < 1.29 is 8.42 Å². The summed E-state index contributed by atoms with van der Waals surface area (Å²) in [5.74, 6) is 0.534. The predicted molar refractivity (Wildman–Crippen MR) is 131 cm³/mol. The Bertz CT molecular complexity index is 1320. The molecule has 0 saturated carbocycles. The number of rotatable bonds is 4. The smallest absolute Gasteiger partial charge is 0.261 e. The van der Waals surface area contributed by atoms with Gasteiger partial charge in [0.05, 0.1) is 16.6 Å². The highest BCUT2D eigenvalue weighted by atomic mass is 35.5. The maximum Gasteiger partial charge on any atom is 0.261 e. The molecule has 0 saturated heterocycles.